The molecule has 0 spiro atoms. The minimum Gasteiger partial charge on any atom is -0.481 e. The van der Waals surface area contributed by atoms with Gasteiger partial charge >= 0.3 is 5.97 Å². The zero-order valence-corrected chi connectivity index (χ0v) is 11.0. The third-order valence-electron chi connectivity index (χ3n) is 2.96. The second-order valence-corrected chi connectivity index (χ2v) is 4.69. The molecule has 1 aromatic carbocycles. The highest BCUT2D eigenvalue weighted by Gasteiger charge is 2.12. The summed E-state index contributed by atoms with van der Waals surface area (Å²) in [5, 5.41) is 18.1. The molecule has 100 valence electrons. The van der Waals surface area contributed by atoms with Crippen molar-refractivity contribution >= 4 is 5.97 Å². The summed E-state index contributed by atoms with van der Waals surface area (Å²) in [4.78, 5) is 12.4. The lowest BCUT2D eigenvalue weighted by atomic mass is 10.1. The second-order valence-electron chi connectivity index (χ2n) is 4.69. The normalized spacial score (nSPS) is 12.7. The Bertz CT molecular complexity index is 392. The van der Waals surface area contributed by atoms with E-state index >= 15 is 0 Å². The Kier molecular flexibility index (Phi) is 5.82. The highest BCUT2D eigenvalue weighted by Crippen LogP contribution is 2.08. The molecule has 0 bridgehead atoms. The first-order chi connectivity index (χ1) is 8.49. The van der Waals surface area contributed by atoms with E-state index in [0.717, 1.165) is 13.0 Å². The van der Waals surface area contributed by atoms with Gasteiger partial charge in [0.1, 0.15) is 0 Å². The van der Waals surface area contributed by atoms with Gasteiger partial charge in [0, 0.05) is 13.1 Å². The van der Waals surface area contributed by atoms with Crippen LogP contribution in [0.4, 0.5) is 0 Å². The summed E-state index contributed by atoms with van der Waals surface area (Å²) in [6.45, 7) is 3.27. The van der Waals surface area contributed by atoms with Gasteiger partial charge < -0.3 is 15.1 Å². The predicted octanol–water partition coefficient (Wildman–Crippen LogP) is 1.30. The fourth-order valence-electron chi connectivity index (χ4n) is 1.92. The van der Waals surface area contributed by atoms with Crippen LogP contribution < -0.4 is 0 Å². The molecular formula is C14H21NO3. The first kappa shape index (κ1) is 14.7. The number of carbonyl (C=O) groups is 1. The van der Waals surface area contributed by atoms with Crippen LogP contribution in [0.5, 0.6) is 0 Å². The molecule has 0 fully saturated rings. The van der Waals surface area contributed by atoms with Crippen molar-refractivity contribution in [2.45, 2.75) is 25.9 Å². The van der Waals surface area contributed by atoms with Crippen LogP contribution in [0.15, 0.2) is 24.3 Å². The Morgan fingerprint density at radius 1 is 1.39 bits per heavy atom. The number of benzene rings is 1. The number of nitrogens with zero attached hydrogens (tertiary/aromatic N) is 1. The molecule has 0 aromatic heterocycles. The maximum atomic E-state index is 10.4. The molecule has 0 aliphatic carbocycles. The van der Waals surface area contributed by atoms with Crippen LogP contribution in [0.3, 0.4) is 0 Å². The fraction of sp³-hybridized carbons (Fsp3) is 0.500. The second kappa shape index (κ2) is 7.13. The number of aliphatic carboxylic acids is 1. The first-order valence-corrected chi connectivity index (χ1v) is 6.12. The molecule has 0 aliphatic rings. The molecule has 1 unspecified atom stereocenters. The van der Waals surface area contributed by atoms with Crippen molar-refractivity contribution in [1.82, 2.24) is 4.90 Å². The Balaban J connectivity index is 2.35. The van der Waals surface area contributed by atoms with Crippen molar-refractivity contribution in [2.24, 2.45) is 0 Å². The smallest absolute Gasteiger partial charge is 0.306 e. The van der Waals surface area contributed by atoms with Crippen LogP contribution in [-0.4, -0.2) is 47.3 Å². The van der Waals surface area contributed by atoms with E-state index in [4.69, 9.17) is 5.11 Å². The maximum Gasteiger partial charge on any atom is 0.306 e. The Labute approximate surface area is 108 Å². The molecule has 0 heterocycles. The van der Waals surface area contributed by atoms with E-state index in [2.05, 4.69) is 19.1 Å². The average Bonchev–Trinajstić information content (AvgIpc) is 2.26. The van der Waals surface area contributed by atoms with Gasteiger partial charge in [0.25, 0.3) is 0 Å². The van der Waals surface area contributed by atoms with E-state index in [0.29, 0.717) is 6.54 Å². The van der Waals surface area contributed by atoms with Crippen LogP contribution in [0, 0.1) is 6.92 Å². The topological polar surface area (TPSA) is 60.8 Å². The van der Waals surface area contributed by atoms with Gasteiger partial charge in [-0.3, -0.25) is 4.79 Å². The molecule has 1 atom stereocenters. The summed E-state index contributed by atoms with van der Waals surface area (Å²) in [5.74, 6) is -0.963. The highest BCUT2D eigenvalue weighted by molar-refractivity contribution is 5.67. The third kappa shape index (κ3) is 5.29. The van der Waals surface area contributed by atoms with Crippen LogP contribution in [0.25, 0.3) is 0 Å². The Morgan fingerprint density at radius 3 is 2.67 bits per heavy atom. The first-order valence-electron chi connectivity index (χ1n) is 6.12. The summed E-state index contributed by atoms with van der Waals surface area (Å²) < 4.78 is 0. The molecule has 0 radical (unpaired) electrons. The van der Waals surface area contributed by atoms with E-state index in [1.54, 1.807) is 0 Å². The zero-order valence-electron chi connectivity index (χ0n) is 11.0. The molecule has 0 saturated heterocycles. The molecule has 4 heteroatoms. The number of likely N-dealkylation sites (N-methyl/N-ethyl adjacent to an activating group) is 1. The van der Waals surface area contributed by atoms with Crippen molar-refractivity contribution in [1.29, 1.82) is 0 Å². The molecule has 2 N–H and O–H groups in total. The van der Waals surface area contributed by atoms with Gasteiger partial charge in [0.2, 0.25) is 0 Å². The number of aliphatic hydroxyl groups is 1. The van der Waals surface area contributed by atoms with E-state index < -0.39 is 12.1 Å². The van der Waals surface area contributed by atoms with E-state index in [1.165, 1.54) is 11.1 Å². The summed E-state index contributed by atoms with van der Waals surface area (Å²) in [6.07, 6.45) is -0.0955. The molecule has 1 rings (SSSR count). The fourth-order valence-corrected chi connectivity index (χ4v) is 1.92. The average molecular weight is 251 g/mol. The van der Waals surface area contributed by atoms with Crippen LogP contribution in [0.2, 0.25) is 0 Å². The van der Waals surface area contributed by atoms with Gasteiger partial charge in [0.15, 0.2) is 0 Å². The van der Waals surface area contributed by atoms with Gasteiger partial charge in [-0.1, -0.05) is 24.3 Å². The third-order valence-corrected chi connectivity index (χ3v) is 2.96. The standard InChI is InChI=1S/C14H21NO3/c1-11-5-3-4-6-12(11)7-8-15(2)10-13(16)9-14(17)18/h3-6,13,16H,7-10H2,1-2H3,(H,17,18). The van der Waals surface area contributed by atoms with Crippen molar-refractivity contribution in [3.63, 3.8) is 0 Å². The van der Waals surface area contributed by atoms with Crippen LogP contribution in [-0.2, 0) is 11.2 Å². The van der Waals surface area contributed by atoms with Gasteiger partial charge in [-0.05, 0) is 31.5 Å². The van der Waals surface area contributed by atoms with E-state index in [-0.39, 0.29) is 6.42 Å². The minimum atomic E-state index is -0.963. The predicted molar refractivity (Wildman–Crippen MR) is 70.6 cm³/mol. The minimum absolute atomic E-state index is 0.200. The summed E-state index contributed by atoms with van der Waals surface area (Å²) in [7, 11) is 1.89. The quantitative estimate of drug-likeness (QED) is 0.767. The summed E-state index contributed by atoms with van der Waals surface area (Å²) in [5.41, 5.74) is 2.55. The van der Waals surface area contributed by atoms with Gasteiger partial charge in [-0.15, -0.1) is 0 Å². The SMILES string of the molecule is Cc1ccccc1CCN(C)CC(O)CC(=O)O. The summed E-state index contributed by atoms with van der Waals surface area (Å²) >= 11 is 0. The highest BCUT2D eigenvalue weighted by atomic mass is 16.4. The zero-order chi connectivity index (χ0) is 13.5. The molecule has 0 amide bonds. The maximum absolute atomic E-state index is 10.4. The molecule has 4 nitrogen and oxygen atoms in total. The van der Waals surface area contributed by atoms with Crippen molar-refractivity contribution in [3.8, 4) is 0 Å². The number of aryl methyl sites for hydroxylation is 1. The van der Waals surface area contributed by atoms with Gasteiger partial charge in [0.05, 0.1) is 12.5 Å². The Morgan fingerprint density at radius 2 is 2.06 bits per heavy atom. The van der Waals surface area contributed by atoms with Crippen LogP contribution >= 0.6 is 0 Å². The number of aliphatic hydroxyl groups excluding tert-OH is 1. The number of carboxylic acids is 1. The number of hydrogen-bond acceptors (Lipinski definition) is 3. The van der Waals surface area contributed by atoms with Crippen molar-refractivity contribution in [3.05, 3.63) is 35.4 Å². The lowest BCUT2D eigenvalue weighted by Crippen LogP contribution is -2.32. The molecular weight excluding hydrogens is 230 g/mol. The number of hydrogen-bond donors (Lipinski definition) is 2. The number of rotatable bonds is 7. The van der Waals surface area contributed by atoms with E-state index in [9.17, 15) is 9.90 Å². The van der Waals surface area contributed by atoms with Crippen molar-refractivity contribution in [2.75, 3.05) is 20.1 Å². The lowest BCUT2D eigenvalue weighted by molar-refractivity contribution is -0.139. The lowest BCUT2D eigenvalue weighted by Gasteiger charge is -2.20. The molecule has 18 heavy (non-hydrogen) atoms. The molecule has 0 saturated carbocycles. The summed E-state index contributed by atoms with van der Waals surface area (Å²) in [6, 6.07) is 8.20. The Hall–Kier alpha value is -1.39. The van der Waals surface area contributed by atoms with Crippen LogP contribution in [0.1, 0.15) is 17.5 Å². The number of carboxylic acid groups (broad SMARTS) is 1. The van der Waals surface area contributed by atoms with E-state index in [1.807, 2.05) is 24.1 Å². The monoisotopic (exact) mass is 251 g/mol. The van der Waals surface area contributed by atoms with Gasteiger partial charge in [-0.25, -0.2) is 0 Å². The van der Waals surface area contributed by atoms with Crippen molar-refractivity contribution < 1.29 is 15.0 Å². The molecule has 0 aliphatic heterocycles. The molecule has 1 aromatic rings. The van der Waals surface area contributed by atoms with Gasteiger partial charge in [-0.2, -0.15) is 0 Å². The largest absolute Gasteiger partial charge is 0.481 e.